The molecule has 1 heterocycles. The lowest BCUT2D eigenvalue weighted by molar-refractivity contribution is 0.297. The average molecular weight is 195 g/mol. The highest BCUT2D eigenvalue weighted by Gasteiger charge is 2.01. The van der Waals surface area contributed by atoms with E-state index in [1.165, 1.54) is 6.42 Å². The number of nitrogens with zero attached hydrogens (tertiary/aromatic N) is 1. The molecule has 0 fully saturated rings. The second-order valence-electron chi connectivity index (χ2n) is 3.22. The maximum absolute atomic E-state index is 5.67. The van der Waals surface area contributed by atoms with Crippen molar-refractivity contribution in [3.8, 4) is 5.88 Å². The zero-order valence-electron chi connectivity index (χ0n) is 8.49. The lowest BCUT2D eigenvalue weighted by atomic mass is 10.3. The second kappa shape index (κ2) is 5.32. The molecule has 1 aromatic heterocycles. The molecule has 0 aromatic carbocycles. The summed E-state index contributed by atoms with van der Waals surface area (Å²) in [6.45, 7) is 2.81. The molecule has 14 heavy (non-hydrogen) atoms. The Morgan fingerprint density at radius 1 is 1.36 bits per heavy atom. The molecular weight excluding hydrogens is 178 g/mol. The van der Waals surface area contributed by atoms with E-state index >= 15 is 0 Å². The van der Waals surface area contributed by atoms with Crippen molar-refractivity contribution < 1.29 is 4.74 Å². The van der Waals surface area contributed by atoms with Gasteiger partial charge in [0.05, 0.1) is 24.2 Å². The maximum Gasteiger partial charge on any atom is 0.237 e. The van der Waals surface area contributed by atoms with Gasteiger partial charge in [0.25, 0.3) is 0 Å². The fraction of sp³-hybridized carbons (Fsp3) is 0.500. The summed E-state index contributed by atoms with van der Waals surface area (Å²) in [6.07, 6.45) is 4.91. The molecule has 78 valence electrons. The Morgan fingerprint density at radius 3 is 2.79 bits per heavy atom. The molecular formula is C10H17N3O. The zero-order valence-corrected chi connectivity index (χ0v) is 8.49. The summed E-state index contributed by atoms with van der Waals surface area (Å²) in [6, 6.07) is 1.65. The molecule has 0 spiro atoms. The minimum absolute atomic E-state index is 0.482. The van der Waals surface area contributed by atoms with Crippen LogP contribution in [0.3, 0.4) is 0 Å². The molecule has 0 unspecified atom stereocenters. The van der Waals surface area contributed by atoms with E-state index in [0.717, 1.165) is 12.8 Å². The molecule has 0 saturated carbocycles. The van der Waals surface area contributed by atoms with Gasteiger partial charge in [-0.05, 0) is 12.5 Å². The zero-order chi connectivity index (χ0) is 10.4. The highest BCUT2D eigenvalue weighted by Crippen LogP contribution is 2.19. The SMILES string of the molecule is CCCCCOc1ncc(N)cc1N. The van der Waals surface area contributed by atoms with Crippen LogP contribution in [0.1, 0.15) is 26.2 Å². The highest BCUT2D eigenvalue weighted by atomic mass is 16.5. The van der Waals surface area contributed by atoms with Crippen LogP contribution in [0, 0.1) is 0 Å². The van der Waals surface area contributed by atoms with Gasteiger partial charge in [-0.3, -0.25) is 0 Å². The van der Waals surface area contributed by atoms with Gasteiger partial charge in [0.1, 0.15) is 0 Å². The molecule has 0 bridgehead atoms. The molecule has 0 aliphatic carbocycles. The third kappa shape index (κ3) is 3.12. The van der Waals surface area contributed by atoms with Crippen molar-refractivity contribution in [1.82, 2.24) is 4.98 Å². The number of hydrogen-bond acceptors (Lipinski definition) is 4. The molecule has 0 radical (unpaired) electrons. The van der Waals surface area contributed by atoms with Crippen molar-refractivity contribution in [3.63, 3.8) is 0 Å². The van der Waals surface area contributed by atoms with Gasteiger partial charge in [0.15, 0.2) is 0 Å². The van der Waals surface area contributed by atoms with Gasteiger partial charge >= 0.3 is 0 Å². The van der Waals surface area contributed by atoms with Crippen molar-refractivity contribution in [3.05, 3.63) is 12.3 Å². The van der Waals surface area contributed by atoms with Crippen molar-refractivity contribution in [2.24, 2.45) is 0 Å². The number of nitrogens with two attached hydrogens (primary N) is 2. The van der Waals surface area contributed by atoms with Crippen LogP contribution in [-0.4, -0.2) is 11.6 Å². The van der Waals surface area contributed by atoms with Gasteiger partial charge in [-0.2, -0.15) is 0 Å². The van der Waals surface area contributed by atoms with Gasteiger partial charge in [0, 0.05) is 0 Å². The van der Waals surface area contributed by atoms with Crippen molar-refractivity contribution in [2.75, 3.05) is 18.1 Å². The summed E-state index contributed by atoms with van der Waals surface area (Å²) in [4.78, 5) is 4.00. The van der Waals surface area contributed by atoms with Crippen molar-refractivity contribution >= 4 is 11.4 Å². The van der Waals surface area contributed by atoms with Gasteiger partial charge < -0.3 is 16.2 Å². The molecule has 0 aliphatic rings. The summed E-state index contributed by atoms with van der Waals surface area (Å²) in [5, 5.41) is 0. The van der Waals surface area contributed by atoms with E-state index < -0.39 is 0 Å². The fourth-order valence-corrected chi connectivity index (χ4v) is 1.13. The summed E-state index contributed by atoms with van der Waals surface area (Å²) < 4.78 is 5.40. The standard InChI is InChI=1S/C10H17N3O/c1-2-3-4-5-14-10-9(12)6-8(11)7-13-10/h6-7H,2-5,11-12H2,1H3. The highest BCUT2D eigenvalue weighted by molar-refractivity contribution is 5.55. The van der Waals surface area contributed by atoms with Crippen LogP contribution in [0.5, 0.6) is 5.88 Å². The predicted octanol–water partition coefficient (Wildman–Crippen LogP) is 1.81. The first-order valence-corrected chi connectivity index (χ1v) is 4.88. The normalized spacial score (nSPS) is 10.1. The van der Waals surface area contributed by atoms with E-state index in [1.54, 1.807) is 12.3 Å². The van der Waals surface area contributed by atoms with Gasteiger partial charge in [-0.25, -0.2) is 4.98 Å². The lowest BCUT2D eigenvalue weighted by Crippen LogP contribution is -2.03. The molecule has 0 amide bonds. The first-order chi connectivity index (χ1) is 6.74. The number of nitrogen functional groups attached to an aromatic ring is 2. The van der Waals surface area contributed by atoms with E-state index in [1.807, 2.05) is 0 Å². The Kier molecular flexibility index (Phi) is 4.04. The minimum atomic E-state index is 0.482. The number of aromatic nitrogens is 1. The van der Waals surface area contributed by atoms with Crippen LogP contribution in [0.15, 0.2) is 12.3 Å². The van der Waals surface area contributed by atoms with Crippen LogP contribution in [0.4, 0.5) is 11.4 Å². The van der Waals surface area contributed by atoms with Crippen LogP contribution in [0.25, 0.3) is 0 Å². The molecule has 1 aromatic rings. The summed E-state index contributed by atoms with van der Waals surface area (Å²) in [7, 11) is 0. The molecule has 0 aliphatic heterocycles. The molecule has 1 rings (SSSR count). The summed E-state index contributed by atoms with van der Waals surface area (Å²) >= 11 is 0. The lowest BCUT2D eigenvalue weighted by Gasteiger charge is -2.07. The Hall–Kier alpha value is -1.45. The van der Waals surface area contributed by atoms with Gasteiger partial charge in [0.2, 0.25) is 5.88 Å². The molecule has 4 nitrogen and oxygen atoms in total. The quantitative estimate of drug-likeness (QED) is 0.703. The molecule has 0 atom stereocenters. The van der Waals surface area contributed by atoms with Crippen LogP contribution in [-0.2, 0) is 0 Å². The van der Waals surface area contributed by atoms with Gasteiger partial charge in [-0.15, -0.1) is 0 Å². The Balaban J connectivity index is 2.42. The minimum Gasteiger partial charge on any atom is -0.476 e. The van der Waals surface area contributed by atoms with E-state index in [9.17, 15) is 0 Å². The smallest absolute Gasteiger partial charge is 0.237 e. The third-order valence-corrected chi connectivity index (χ3v) is 1.89. The number of pyridine rings is 1. The number of hydrogen-bond donors (Lipinski definition) is 2. The number of rotatable bonds is 5. The Morgan fingerprint density at radius 2 is 2.14 bits per heavy atom. The third-order valence-electron chi connectivity index (χ3n) is 1.89. The summed E-state index contributed by atoms with van der Waals surface area (Å²) in [5.41, 5.74) is 12.2. The van der Waals surface area contributed by atoms with E-state index in [0.29, 0.717) is 23.9 Å². The Labute approximate surface area is 84.3 Å². The number of ether oxygens (including phenoxy) is 1. The second-order valence-corrected chi connectivity index (χ2v) is 3.22. The fourth-order valence-electron chi connectivity index (χ4n) is 1.13. The van der Waals surface area contributed by atoms with E-state index in [-0.39, 0.29) is 0 Å². The molecule has 4 heteroatoms. The first-order valence-electron chi connectivity index (χ1n) is 4.88. The first kappa shape index (κ1) is 10.6. The number of unbranched alkanes of at least 4 members (excludes halogenated alkanes) is 2. The average Bonchev–Trinajstić information content (AvgIpc) is 2.15. The largest absolute Gasteiger partial charge is 0.476 e. The summed E-state index contributed by atoms with van der Waals surface area (Å²) in [5.74, 6) is 0.482. The maximum atomic E-state index is 5.67. The van der Waals surface area contributed by atoms with Crippen molar-refractivity contribution in [2.45, 2.75) is 26.2 Å². The van der Waals surface area contributed by atoms with E-state index in [2.05, 4.69) is 11.9 Å². The monoisotopic (exact) mass is 195 g/mol. The predicted molar refractivity (Wildman–Crippen MR) is 58.1 cm³/mol. The molecule has 0 saturated heterocycles. The van der Waals surface area contributed by atoms with Crippen LogP contribution in [0.2, 0.25) is 0 Å². The Bertz CT molecular complexity index is 289. The van der Waals surface area contributed by atoms with Crippen molar-refractivity contribution in [1.29, 1.82) is 0 Å². The van der Waals surface area contributed by atoms with Crippen LogP contribution < -0.4 is 16.2 Å². The topological polar surface area (TPSA) is 74.2 Å². The number of anilines is 2. The van der Waals surface area contributed by atoms with Crippen LogP contribution >= 0.6 is 0 Å². The van der Waals surface area contributed by atoms with Gasteiger partial charge in [-0.1, -0.05) is 19.8 Å². The molecule has 4 N–H and O–H groups in total. The van der Waals surface area contributed by atoms with E-state index in [4.69, 9.17) is 16.2 Å².